The van der Waals surface area contributed by atoms with Crippen LogP contribution in [0.1, 0.15) is 66.2 Å². The number of likely N-dealkylation sites (tertiary alicyclic amines) is 1. The Bertz CT molecular complexity index is 1200. The normalized spacial score (nSPS) is 16.5. The van der Waals surface area contributed by atoms with Crippen molar-refractivity contribution in [2.24, 2.45) is 5.92 Å². The molecule has 43 heavy (non-hydrogen) atoms. The van der Waals surface area contributed by atoms with E-state index >= 15 is 0 Å². The first kappa shape index (κ1) is 34.6. The summed E-state index contributed by atoms with van der Waals surface area (Å²) < 4.78 is 5.35. The number of carbonyl (C=O) groups is 6. The Hall–Kier alpha value is -4.56. The summed E-state index contributed by atoms with van der Waals surface area (Å²) in [5.41, 5.74) is -0.171. The maximum atomic E-state index is 13.3. The van der Waals surface area contributed by atoms with Crippen molar-refractivity contribution < 1.29 is 43.5 Å². The summed E-state index contributed by atoms with van der Waals surface area (Å²) in [6.45, 7) is 6.85. The minimum absolute atomic E-state index is 0.00842. The summed E-state index contributed by atoms with van der Waals surface area (Å²) in [4.78, 5) is 86.2. The smallest absolute Gasteiger partial charge is 0.334 e. The fraction of sp³-hybridized carbons (Fsp3) is 0.571. The number of hydrogen-bond acceptors (Lipinski definition) is 9. The second-order valence-corrected chi connectivity index (χ2v) is 10.8. The van der Waals surface area contributed by atoms with E-state index in [0.29, 0.717) is 12.8 Å². The van der Waals surface area contributed by atoms with Gasteiger partial charge in [-0.3, -0.25) is 34.1 Å². The van der Waals surface area contributed by atoms with Crippen LogP contribution in [0.5, 0.6) is 5.75 Å². The third-order valence-electron chi connectivity index (χ3n) is 6.71. The number of benzene rings is 1. The molecule has 1 aromatic rings. The third-order valence-corrected chi connectivity index (χ3v) is 6.71. The summed E-state index contributed by atoms with van der Waals surface area (Å²) >= 11 is 0. The van der Waals surface area contributed by atoms with Crippen LogP contribution in [0.15, 0.2) is 24.3 Å². The van der Waals surface area contributed by atoms with Gasteiger partial charge in [0.15, 0.2) is 0 Å². The molecule has 1 saturated heterocycles. The van der Waals surface area contributed by atoms with Crippen LogP contribution in [0.4, 0.5) is 5.69 Å². The quantitative estimate of drug-likeness (QED) is 0.0972. The Morgan fingerprint density at radius 2 is 1.65 bits per heavy atom. The number of non-ortho nitro benzene ring substituents is 1. The number of esters is 1. The molecule has 0 aliphatic carbocycles. The number of carbonyl (C=O) groups excluding carboxylic acids is 5. The second kappa shape index (κ2) is 16.2. The zero-order chi connectivity index (χ0) is 32.3. The molecule has 1 aliphatic heterocycles. The summed E-state index contributed by atoms with van der Waals surface area (Å²) in [5, 5.41) is 27.2. The molecule has 236 valence electrons. The lowest BCUT2D eigenvalue weighted by Crippen LogP contribution is -2.56. The monoisotopic (exact) mass is 605 g/mol. The molecule has 15 nitrogen and oxygen atoms in total. The molecule has 0 radical (unpaired) electrons. The van der Waals surface area contributed by atoms with E-state index in [4.69, 9.17) is 9.84 Å². The fourth-order valence-corrected chi connectivity index (χ4v) is 4.51. The summed E-state index contributed by atoms with van der Waals surface area (Å²) in [6, 6.07) is 1.01. The van der Waals surface area contributed by atoms with Crippen molar-refractivity contribution in [1.82, 2.24) is 20.9 Å². The van der Waals surface area contributed by atoms with Crippen molar-refractivity contribution in [2.45, 2.75) is 90.4 Å². The molecule has 2 rings (SSSR count). The lowest BCUT2D eigenvalue weighted by molar-refractivity contribution is -0.384. The van der Waals surface area contributed by atoms with Crippen LogP contribution >= 0.6 is 0 Å². The lowest BCUT2D eigenvalue weighted by atomic mass is 10.0. The van der Waals surface area contributed by atoms with Gasteiger partial charge in [0, 0.05) is 31.5 Å². The SMILES string of the molecule is CC(C)C[C@H](NC(=O)[C@@H]1CCCN1C(=O)[C@H](C)NC(=O)[C@H](C)NC(=O)CCCC(=O)O)C(=O)Oc1ccc([N+](=O)[O-])cc1. The van der Waals surface area contributed by atoms with E-state index in [1.54, 1.807) is 0 Å². The minimum Gasteiger partial charge on any atom is -0.481 e. The summed E-state index contributed by atoms with van der Waals surface area (Å²) in [7, 11) is 0. The van der Waals surface area contributed by atoms with Gasteiger partial charge in [-0.1, -0.05) is 13.8 Å². The standard InChI is InChI=1S/C28H39N5O10/c1-16(2)15-21(28(40)43-20-12-10-19(11-13-20)33(41)42)31-26(38)22-7-6-14-32(22)27(39)18(4)30-25(37)17(3)29-23(34)8-5-9-24(35)36/h10-13,16-18,21-22H,5-9,14-15H2,1-4H3,(H,29,34)(H,30,37)(H,31,38)(H,35,36)/t17-,18-,21-,22-/m0/s1. The molecule has 4 amide bonds. The average Bonchev–Trinajstić information content (AvgIpc) is 3.42. The van der Waals surface area contributed by atoms with Crippen molar-refractivity contribution >= 4 is 41.3 Å². The van der Waals surface area contributed by atoms with Gasteiger partial charge in [0.2, 0.25) is 23.6 Å². The lowest BCUT2D eigenvalue weighted by Gasteiger charge is -2.29. The van der Waals surface area contributed by atoms with Gasteiger partial charge in [-0.15, -0.1) is 0 Å². The van der Waals surface area contributed by atoms with Crippen molar-refractivity contribution in [1.29, 1.82) is 0 Å². The first-order valence-electron chi connectivity index (χ1n) is 14.1. The van der Waals surface area contributed by atoms with Crippen molar-refractivity contribution in [3.8, 4) is 5.75 Å². The highest BCUT2D eigenvalue weighted by atomic mass is 16.6. The number of nitro groups is 1. The van der Waals surface area contributed by atoms with Crippen LogP contribution in [0, 0.1) is 16.0 Å². The number of nitrogens with zero attached hydrogens (tertiary/aromatic N) is 2. The predicted octanol–water partition coefficient (Wildman–Crippen LogP) is 1.29. The van der Waals surface area contributed by atoms with Crippen LogP contribution in [-0.4, -0.2) is 81.2 Å². The fourth-order valence-electron chi connectivity index (χ4n) is 4.51. The molecule has 15 heteroatoms. The Kier molecular flexibility index (Phi) is 13.0. The number of hydrogen-bond donors (Lipinski definition) is 4. The van der Waals surface area contributed by atoms with E-state index in [0.717, 1.165) is 0 Å². The molecule has 0 aromatic heterocycles. The van der Waals surface area contributed by atoms with Gasteiger partial charge in [-0.25, -0.2) is 4.79 Å². The van der Waals surface area contributed by atoms with Crippen molar-refractivity contribution in [3.05, 3.63) is 34.4 Å². The van der Waals surface area contributed by atoms with Gasteiger partial charge in [0.1, 0.15) is 29.9 Å². The van der Waals surface area contributed by atoms with Gasteiger partial charge in [-0.05, 0) is 57.6 Å². The van der Waals surface area contributed by atoms with Crippen molar-refractivity contribution in [2.75, 3.05) is 6.54 Å². The van der Waals surface area contributed by atoms with Crippen LogP contribution in [0.3, 0.4) is 0 Å². The van der Waals surface area contributed by atoms with E-state index in [1.807, 2.05) is 13.8 Å². The van der Waals surface area contributed by atoms with Gasteiger partial charge in [0.05, 0.1) is 4.92 Å². The van der Waals surface area contributed by atoms with E-state index in [9.17, 15) is 38.9 Å². The maximum Gasteiger partial charge on any atom is 0.334 e. The maximum absolute atomic E-state index is 13.3. The number of nitro benzene ring substituents is 1. The van der Waals surface area contributed by atoms with E-state index in [-0.39, 0.29) is 49.6 Å². The first-order valence-corrected chi connectivity index (χ1v) is 14.1. The Labute approximate surface area is 248 Å². The Morgan fingerprint density at radius 3 is 2.23 bits per heavy atom. The van der Waals surface area contributed by atoms with E-state index in [2.05, 4.69) is 16.0 Å². The van der Waals surface area contributed by atoms with E-state index in [1.165, 1.54) is 43.0 Å². The van der Waals surface area contributed by atoms with Gasteiger partial charge in [-0.2, -0.15) is 0 Å². The van der Waals surface area contributed by atoms with Crippen LogP contribution in [0.2, 0.25) is 0 Å². The molecule has 4 atom stereocenters. The third kappa shape index (κ3) is 11.0. The molecule has 4 N–H and O–H groups in total. The number of amides is 4. The van der Waals surface area contributed by atoms with E-state index < -0.39 is 64.7 Å². The zero-order valence-electron chi connectivity index (χ0n) is 24.7. The highest BCUT2D eigenvalue weighted by Crippen LogP contribution is 2.21. The topological polar surface area (TPSA) is 214 Å². The summed E-state index contributed by atoms with van der Waals surface area (Å²) in [5.74, 6) is -3.92. The largest absolute Gasteiger partial charge is 0.481 e. The predicted molar refractivity (Wildman–Crippen MR) is 152 cm³/mol. The number of nitrogens with one attached hydrogen (secondary N) is 3. The van der Waals surface area contributed by atoms with Crippen molar-refractivity contribution in [3.63, 3.8) is 0 Å². The number of aliphatic carboxylic acids is 1. The number of rotatable bonds is 15. The molecular weight excluding hydrogens is 566 g/mol. The molecule has 0 spiro atoms. The number of ether oxygens (including phenoxy) is 1. The van der Waals surface area contributed by atoms with Crippen LogP contribution < -0.4 is 20.7 Å². The molecule has 1 aromatic carbocycles. The van der Waals surface area contributed by atoms with Gasteiger partial charge >= 0.3 is 11.9 Å². The minimum atomic E-state index is -1.04. The number of carboxylic acids is 1. The van der Waals surface area contributed by atoms with Crippen LogP contribution in [-0.2, 0) is 28.8 Å². The molecular formula is C28H39N5O10. The van der Waals surface area contributed by atoms with Gasteiger partial charge in [0.25, 0.3) is 5.69 Å². The summed E-state index contributed by atoms with van der Waals surface area (Å²) in [6.07, 6.45) is 0.980. The second-order valence-electron chi connectivity index (χ2n) is 10.8. The Morgan fingerprint density at radius 1 is 1.00 bits per heavy atom. The van der Waals surface area contributed by atoms with Crippen LogP contribution in [0.25, 0.3) is 0 Å². The first-order chi connectivity index (χ1) is 20.2. The average molecular weight is 606 g/mol. The molecule has 1 fully saturated rings. The Balaban J connectivity index is 1.99. The number of carboxylic acid groups (broad SMARTS) is 1. The molecule has 0 saturated carbocycles. The zero-order valence-corrected chi connectivity index (χ0v) is 24.7. The molecule has 1 heterocycles. The molecule has 0 unspecified atom stereocenters. The molecule has 1 aliphatic rings. The molecule has 0 bridgehead atoms. The highest BCUT2D eigenvalue weighted by molar-refractivity contribution is 5.95. The highest BCUT2D eigenvalue weighted by Gasteiger charge is 2.38. The van der Waals surface area contributed by atoms with Gasteiger partial charge < -0.3 is 30.7 Å².